The molecule has 1 aromatic carbocycles. The van der Waals surface area contributed by atoms with Crippen molar-refractivity contribution in [3.05, 3.63) is 29.6 Å². The number of nitrogens with two attached hydrogens (primary N) is 1. The van der Waals surface area contributed by atoms with Gasteiger partial charge in [0.15, 0.2) is 0 Å². The summed E-state index contributed by atoms with van der Waals surface area (Å²) >= 11 is 0. The van der Waals surface area contributed by atoms with E-state index in [1.54, 1.807) is 7.11 Å². The zero-order chi connectivity index (χ0) is 12.7. The fourth-order valence-corrected chi connectivity index (χ4v) is 2.30. The highest BCUT2D eigenvalue weighted by atomic mass is 16.5. The molecule has 0 amide bonds. The van der Waals surface area contributed by atoms with Crippen LogP contribution in [0.1, 0.15) is 11.3 Å². The molecule has 1 aromatic heterocycles. The predicted molar refractivity (Wildman–Crippen MR) is 68.1 cm³/mol. The second-order valence-electron chi connectivity index (χ2n) is 4.37. The molecule has 0 saturated heterocycles. The Morgan fingerprint density at radius 2 is 2.17 bits per heavy atom. The molecule has 0 radical (unpaired) electrons. The van der Waals surface area contributed by atoms with E-state index in [0.717, 1.165) is 22.4 Å². The van der Waals surface area contributed by atoms with Gasteiger partial charge in [-0.1, -0.05) is 0 Å². The van der Waals surface area contributed by atoms with Crippen molar-refractivity contribution in [1.29, 1.82) is 0 Å². The predicted octanol–water partition coefficient (Wildman–Crippen LogP) is 1.71. The van der Waals surface area contributed by atoms with Crippen molar-refractivity contribution in [2.75, 3.05) is 12.8 Å². The molecule has 3 rings (SSSR count). The number of nitrogen functional groups attached to an aromatic ring is 1. The van der Waals surface area contributed by atoms with E-state index in [-0.39, 0.29) is 0 Å². The first-order valence-electron chi connectivity index (χ1n) is 5.76. The summed E-state index contributed by atoms with van der Waals surface area (Å²) in [4.78, 5) is 0. The summed E-state index contributed by atoms with van der Waals surface area (Å²) in [6, 6.07) is 3.87. The first kappa shape index (κ1) is 11.1. The molecule has 2 aromatic rings. The number of hydrogen-bond acceptors (Lipinski definition) is 4. The molecule has 2 N–H and O–H groups in total. The van der Waals surface area contributed by atoms with Crippen LogP contribution in [0.3, 0.4) is 0 Å². The van der Waals surface area contributed by atoms with Crippen molar-refractivity contribution in [2.45, 2.75) is 13.2 Å². The SMILES string of the molecule is COc1cc2c(cc1N)-c1cnn(C)c1COC2. The third-order valence-electron chi connectivity index (χ3n) is 3.30. The van der Waals surface area contributed by atoms with Crippen molar-refractivity contribution < 1.29 is 9.47 Å². The molecule has 0 atom stereocenters. The number of anilines is 1. The number of rotatable bonds is 1. The Labute approximate surface area is 105 Å². The summed E-state index contributed by atoms with van der Waals surface area (Å²) in [6.07, 6.45) is 1.86. The maximum atomic E-state index is 5.98. The molecular formula is C13H15N3O2. The Morgan fingerprint density at radius 3 is 2.94 bits per heavy atom. The molecule has 0 bridgehead atoms. The Hall–Kier alpha value is -2.01. The van der Waals surface area contributed by atoms with Crippen molar-refractivity contribution in [2.24, 2.45) is 7.05 Å². The third-order valence-corrected chi connectivity index (χ3v) is 3.30. The summed E-state index contributed by atoms with van der Waals surface area (Å²) in [6.45, 7) is 1.11. The second-order valence-corrected chi connectivity index (χ2v) is 4.37. The quantitative estimate of drug-likeness (QED) is 0.777. The number of ether oxygens (including phenoxy) is 2. The van der Waals surface area contributed by atoms with E-state index in [9.17, 15) is 0 Å². The van der Waals surface area contributed by atoms with Crippen molar-refractivity contribution in [3.63, 3.8) is 0 Å². The lowest BCUT2D eigenvalue weighted by atomic mass is 10.00. The van der Waals surface area contributed by atoms with Crippen molar-refractivity contribution in [1.82, 2.24) is 9.78 Å². The number of aryl methyl sites for hydroxylation is 1. The minimum atomic E-state index is 0.556. The van der Waals surface area contributed by atoms with Gasteiger partial charge in [-0.15, -0.1) is 0 Å². The monoisotopic (exact) mass is 245 g/mol. The van der Waals surface area contributed by atoms with Gasteiger partial charge in [0, 0.05) is 12.6 Å². The maximum absolute atomic E-state index is 5.98. The van der Waals surface area contributed by atoms with Gasteiger partial charge in [0.25, 0.3) is 0 Å². The Balaban J connectivity index is 2.24. The van der Waals surface area contributed by atoms with Crippen LogP contribution in [0.4, 0.5) is 5.69 Å². The molecule has 5 nitrogen and oxygen atoms in total. The van der Waals surface area contributed by atoms with Gasteiger partial charge in [-0.3, -0.25) is 4.68 Å². The summed E-state index contributed by atoms with van der Waals surface area (Å²) in [7, 11) is 3.53. The smallest absolute Gasteiger partial charge is 0.142 e. The molecule has 0 spiro atoms. The number of aromatic nitrogens is 2. The summed E-state index contributed by atoms with van der Waals surface area (Å²) in [5.74, 6) is 0.685. The topological polar surface area (TPSA) is 62.3 Å². The van der Waals surface area contributed by atoms with Crippen LogP contribution in [-0.2, 0) is 25.0 Å². The largest absolute Gasteiger partial charge is 0.495 e. The summed E-state index contributed by atoms with van der Waals surface area (Å²) in [5.41, 5.74) is 10.9. The minimum Gasteiger partial charge on any atom is -0.495 e. The van der Waals surface area contributed by atoms with Crippen LogP contribution < -0.4 is 10.5 Å². The van der Waals surface area contributed by atoms with E-state index >= 15 is 0 Å². The number of benzene rings is 1. The van der Waals surface area contributed by atoms with Crippen LogP contribution in [0.2, 0.25) is 0 Å². The maximum Gasteiger partial charge on any atom is 0.142 e. The first-order valence-corrected chi connectivity index (χ1v) is 5.76. The summed E-state index contributed by atoms with van der Waals surface area (Å²) < 4.78 is 12.8. The number of hydrogen-bond donors (Lipinski definition) is 1. The average Bonchev–Trinajstić information content (AvgIpc) is 2.63. The van der Waals surface area contributed by atoms with Gasteiger partial charge in [0.1, 0.15) is 5.75 Å². The molecule has 1 aliphatic rings. The van der Waals surface area contributed by atoms with E-state index in [1.807, 2.05) is 30.1 Å². The lowest BCUT2D eigenvalue weighted by molar-refractivity contribution is 0.104. The van der Waals surface area contributed by atoms with E-state index in [4.69, 9.17) is 15.2 Å². The number of nitrogens with zero attached hydrogens (tertiary/aromatic N) is 2. The van der Waals surface area contributed by atoms with E-state index < -0.39 is 0 Å². The van der Waals surface area contributed by atoms with Gasteiger partial charge in [-0.25, -0.2) is 0 Å². The zero-order valence-electron chi connectivity index (χ0n) is 10.4. The molecule has 5 heteroatoms. The van der Waals surface area contributed by atoms with E-state index in [2.05, 4.69) is 5.10 Å². The molecule has 0 saturated carbocycles. The van der Waals surface area contributed by atoms with Crippen LogP contribution in [0.15, 0.2) is 18.3 Å². The van der Waals surface area contributed by atoms with Gasteiger partial charge in [-0.05, 0) is 23.3 Å². The highest BCUT2D eigenvalue weighted by Crippen LogP contribution is 2.36. The number of fused-ring (bicyclic) bond motifs is 3. The average molecular weight is 245 g/mol. The van der Waals surface area contributed by atoms with Crippen LogP contribution in [0.5, 0.6) is 5.75 Å². The fraction of sp³-hybridized carbons (Fsp3) is 0.308. The molecule has 0 fully saturated rings. The lowest BCUT2D eigenvalue weighted by Crippen LogP contribution is -1.99. The molecule has 0 unspecified atom stereocenters. The Morgan fingerprint density at radius 1 is 1.33 bits per heavy atom. The molecular weight excluding hydrogens is 230 g/mol. The third kappa shape index (κ3) is 1.55. The van der Waals surface area contributed by atoms with Crippen LogP contribution in [0, 0.1) is 0 Å². The van der Waals surface area contributed by atoms with Crippen LogP contribution >= 0.6 is 0 Å². The lowest BCUT2D eigenvalue weighted by Gasteiger charge is -2.10. The fourth-order valence-electron chi connectivity index (χ4n) is 2.30. The number of methoxy groups -OCH3 is 1. The van der Waals surface area contributed by atoms with Gasteiger partial charge >= 0.3 is 0 Å². The molecule has 2 heterocycles. The van der Waals surface area contributed by atoms with Gasteiger partial charge < -0.3 is 15.2 Å². The second kappa shape index (κ2) is 4.03. The zero-order valence-corrected chi connectivity index (χ0v) is 10.4. The van der Waals surface area contributed by atoms with Gasteiger partial charge in [0.05, 0.1) is 37.9 Å². The normalized spacial score (nSPS) is 13.7. The van der Waals surface area contributed by atoms with Crippen molar-refractivity contribution in [3.8, 4) is 16.9 Å². The molecule has 1 aliphatic heterocycles. The standard InChI is InChI=1S/C13H15N3O2/c1-16-12-7-18-6-8-3-13(17-2)11(14)4-9(8)10(12)5-15-16/h3-5H,6-7,14H2,1-2H3. The van der Waals surface area contributed by atoms with Crippen LogP contribution in [-0.4, -0.2) is 16.9 Å². The van der Waals surface area contributed by atoms with Crippen LogP contribution in [0.25, 0.3) is 11.1 Å². The highest BCUT2D eigenvalue weighted by molar-refractivity contribution is 5.75. The minimum absolute atomic E-state index is 0.556. The Kier molecular flexibility index (Phi) is 2.48. The van der Waals surface area contributed by atoms with E-state index in [0.29, 0.717) is 24.7 Å². The molecule has 18 heavy (non-hydrogen) atoms. The van der Waals surface area contributed by atoms with Gasteiger partial charge in [0.2, 0.25) is 0 Å². The molecule has 94 valence electrons. The van der Waals surface area contributed by atoms with Crippen molar-refractivity contribution >= 4 is 5.69 Å². The Bertz CT molecular complexity index is 605. The molecule has 0 aliphatic carbocycles. The first-order chi connectivity index (χ1) is 8.70. The highest BCUT2D eigenvalue weighted by Gasteiger charge is 2.19. The summed E-state index contributed by atoms with van der Waals surface area (Å²) in [5, 5.41) is 4.28. The van der Waals surface area contributed by atoms with Gasteiger partial charge in [-0.2, -0.15) is 5.10 Å². The van der Waals surface area contributed by atoms with E-state index in [1.165, 1.54) is 0 Å².